The van der Waals surface area contributed by atoms with E-state index in [0.717, 1.165) is 13.0 Å². The number of guanidine groups is 1. The van der Waals surface area contributed by atoms with Crippen LogP contribution in [0.15, 0.2) is 23.2 Å². The van der Waals surface area contributed by atoms with Crippen LogP contribution >= 0.6 is 24.0 Å². The fraction of sp³-hybridized carbons (Fsp3) is 0.500. The van der Waals surface area contributed by atoms with Gasteiger partial charge in [-0.15, -0.1) is 24.0 Å². The number of nitriles is 1. The van der Waals surface area contributed by atoms with E-state index in [9.17, 15) is 9.18 Å². The molecule has 1 aliphatic rings. The summed E-state index contributed by atoms with van der Waals surface area (Å²) in [5, 5.41) is 15.2. The summed E-state index contributed by atoms with van der Waals surface area (Å²) in [7, 11) is 0. The van der Waals surface area contributed by atoms with Crippen LogP contribution < -0.4 is 10.6 Å². The van der Waals surface area contributed by atoms with Gasteiger partial charge in [0.25, 0.3) is 0 Å². The van der Waals surface area contributed by atoms with Gasteiger partial charge in [0.15, 0.2) is 5.96 Å². The summed E-state index contributed by atoms with van der Waals surface area (Å²) in [5.74, 6) is 0.326. The zero-order valence-corrected chi connectivity index (χ0v) is 17.4. The second-order valence-electron chi connectivity index (χ2n) is 5.94. The molecule has 2 N–H and O–H groups in total. The number of hydrogen-bond acceptors (Lipinski definition) is 3. The molecule has 1 fully saturated rings. The molecular weight excluding hydrogens is 448 g/mol. The van der Waals surface area contributed by atoms with Crippen LogP contribution in [0.4, 0.5) is 4.39 Å². The quantitative estimate of drug-likeness (QED) is 0.391. The molecule has 8 heteroatoms. The molecule has 1 aromatic rings. The Morgan fingerprint density at radius 1 is 1.46 bits per heavy atom. The summed E-state index contributed by atoms with van der Waals surface area (Å²) in [5.41, 5.74) is 0.729. The number of nitrogens with zero attached hydrogens (tertiary/aromatic N) is 3. The van der Waals surface area contributed by atoms with Crippen molar-refractivity contribution in [3.05, 3.63) is 35.1 Å². The van der Waals surface area contributed by atoms with E-state index in [-0.39, 0.29) is 42.5 Å². The number of carbonyl (C=O) groups is 1. The number of likely N-dealkylation sites (tertiary alicyclic amines) is 1. The van der Waals surface area contributed by atoms with Crippen LogP contribution in [0.25, 0.3) is 0 Å². The minimum absolute atomic E-state index is 0. The number of rotatable bonds is 5. The third-order valence-corrected chi connectivity index (χ3v) is 4.12. The molecule has 1 heterocycles. The van der Waals surface area contributed by atoms with E-state index in [4.69, 9.17) is 5.26 Å². The van der Waals surface area contributed by atoms with Crippen molar-refractivity contribution < 1.29 is 9.18 Å². The number of nitrogens with one attached hydrogen (secondary N) is 2. The highest BCUT2D eigenvalue weighted by molar-refractivity contribution is 14.0. The number of hydrogen-bond donors (Lipinski definition) is 2. The lowest BCUT2D eigenvalue weighted by Crippen LogP contribution is -2.45. The van der Waals surface area contributed by atoms with Crippen LogP contribution in [-0.2, 0) is 11.3 Å². The highest BCUT2D eigenvalue weighted by atomic mass is 127. The molecule has 26 heavy (non-hydrogen) atoms. The van der Waals surface area contributed by atoms with E-state index in [1.165, 1.54) is 6.07 Å². The van der Waals surface area contributed by atoms with Gasteiger partial charge in [-0.3, -0.25) is 4.79 Å². The van der Waals surface area contributed by atoms with Gasteiger partial charge >= 0.3 is 0 Å². The fourth-order valence-corrected chi connectivity index (χ4v) is 2.75. The van der Waals surface area contributed by atoms with Gasteiger partial charge in [-0.2, -0.15) is 5.26 Å². The number of benzene rings is 1. The van der Waals surface area contributed by atoms with Crippen LogP contribution in [0.3, 0.4) is 0 Å². The third kappa shape index (κ3) is 6.12. The van der Waals surface area contributed by atoms with E-state index in [0.29, 0.717) is 36.6 Å². The minimum atomic E-state index is -0.431. The van der Waals surface area contributed by atoms with Crippen LogP contribution in [0.1, 0.15) is 37.8 Å². The first-order valence-corrected chi connectivity index (χ1v) is 8.58. The Bertz CT molecular complexity index is 689. The summed E-state index contributed by atoms with van der Waals surface area (Å²) in [6.45, 7) is 6.08. The van der Waals surface area contributed by atoms with E-state index in [2.05, 4.69) is 15.6 Å². The standard InChI is InChI=1S/C18H24FN5O.HI/c1-3-17(25)24-8-7-15(12-24)23-18(21-4-2)22-11-14-6-5-13(10-20)9-16(14)19;/h5-6,9,15H,3-4,7-8,11-12H2,1-2H3,(H2,21,22,23);1H. The number of halogens is 2. The first kappa shape index (κ1) is 22.2. The van der Waals surface area contributed by atoms with E-state index < -0.39 is 5.82 Å². The van der Waals surface area contributed by atoms with Crippen LogP contribution in [0, 0.1) is 17.1 Å². The van der Waals surface area contributed by atoms with Gasteiger partial charge in [-0.05, 0) is 25.5 Å². The zero-order valence-electron chi connectivity index (χ0n) is 15.1. The molecule has 1 aliphatic heterocycles. The summed E-state index contributed by atoms with van der Waals surface area (Å²) >= 11 is 0. The molecule has 142 valence electrons. The van der Waals surface area contributed by atoms with Crippen molar-refractivity contribution in [2.75, 3.05) is 19.6 Å². The van der Waals surface area contributed by atoms with E-state index in [1.54, 1.807) is 12.1 Å². The minimum Gasteiger partial charge on any atom is -0.357 e. The summed E-state index contributed by atoms with van der Waals surface area (Å²) in [4.78, 5) is 18.0. The Hall–Kier alpha value is -1.89. The predicted molar refractivity (Wildman–Crippen MR) is 110 cm³/mol. The number of amides is 1. The normalized spacial score (nSPS) is 16.6. The van der Waals surface area contributed by atoms with Crippen molar-refractivity contribution in [3.63, 3.8) is 0 Å². The maximum absolute atomic E-state index is 14.0. The molecule has 1 atom stereocenters. The lowest BCUT2D eigenvalue weighted by atomic mass is 10.1. The molecule has 0 saturated carbocycles. The molecular formula is C18H25FIN5O. The molecule has 0 aromatic heterocycles. The van der Waals surface area contributed by atoms with Crippen LogP contribution in [0.5, 0.6) is 0 Å². The van der Waals surface area contributed by atoms with Gasteiger partial charge in [-0.25, -0.2) is 9.38 Å². The monoisotopic (exact) mass is 473 g/mol. The lowest BCUT2D eigenvalue weighted by Gasteiger charge is -2.18. The topological polar surface area (TPSA) is 80.5 Å². The Morgan fingerprint density at radius 3 is 2.85 bits per heavy atom. The first-order chi connectivity index (χ1) is 12.1. The highest BCUT2D eigenvalue weighted by Crippen LogP contribution is 2.12. The lowest BCUT2D eigenvalue weighted by molar-refractivity contribution is -0.129. The largest absolute Gasteiger partial charge is 0.357 e. The van der Waals surface area contributed by atoms with Gasteiger partial charge in [0.2, 0.25) is 5.91 Å². The van der Waals surface area contributed by atoms with E-state index >= 15 is 0 Å². The SMILES string of the molecule is CCNC(=NCc1ccc(C#N)cc1F)NC1CCN(C(=O)CC)C1.I. The molecule has 0 bridgehead atoms. The van der Waals surface area contributed by atoms with Crippen molar-refractivity contribution in [2.24, 2.45) is 4.99 Å². The molecule has 0 spiro atoms. The van der Waals surface area contributed by atoms with Crippen molar-refractivity contribution >= 4 is 35.8 Å². The highest BCUT2D eigenvalue weighted by Gasteiger charge is 2.25. The fourth-order valence-electron chi connectivity index (χ4n) is 2.75. The molecule has 0 radical (unpaired) electrons. The number of carbonyl (C=O) groups excluding carboxylic acids is 1. The molecule has 1 unspecified atom stereocenters. The van der Waals surface area contributed by atoms with Crippen LogP contribution in [0.2, 0.25) is 0 Å². The molecule has 1 saturated heterocycles. The second-order valence-corrected chi connectivity index (χ2v) is 5.94. The smallest absolute Gasteiger partial charge is 0.222 e. The van der Waals surface area contributed by atoms with Crippen molar-refractivity contribution in [1.82, 2.24) is 15.5 Å². The summed E-state index contributed by atoms with van der Waals surface area (Å²) < 4.78 is 14.0. The maximum Gasteiger partial charge on any atom is 0.222 e. The van der Waals surface area contributed by atoms with Gasteiger partial charge in [0, 0.05) is 37.7 Å². The predicted octanol–water partition coefficient (Wildman–Crippen LogP) is 2.38. The second kappa shape index (κ2) is 11.0. The Balaban J connectivity index is 0.00000338. The zero-order chi connectivity index (χ0) is 18.2. The van der Waals surface area contributed by atoms with Crippen molar-refractivity contribution in [1.29, 1.82) is 5.26 Å². The van der Waals surface area contributed by atoms with Crippen molar-refractivity contribution in [2.45, 2.75) is 39.3 Å². The average Bonchev–Trinajstić information content (AvgIpc) is 3.08. The molecule has 1 amide bonds. The Kier molecular flexibility index (Phi) is 9.34. The molecule has 0 aliphatic carbocycles. The average molecular weight is 473 g/mol. The maximum atomic E-state index is 14.0. The van der Waals surface area contributed by atoms with E-state index in [1.807, 2.05) is 24.8 Å². The molecule has 1 aromatic carbocycles. The van der Waals surface area contributed by atoms with Gasteiger partial charge in [0.1, 0.15) is 5.82 Å². The first-order valence-electron chi connectivity index (χ1n) is 8.58. The van der Waals surface area contributed by atoms with Gasteiger partial charge in [-0.1, -0.05) is 13.0 Å². The molecule has 2 rings (SSSR count). The van der Waals surface area contributed by atoms with Crippen molar-refractivity contribution in [3.8, 4) is 6.07 Å². The summed E-state index contributed by atoms with van der Waals surface area (Å²) in [6.07, 6.45) is 1.38. The number of aliphatic imine (C=N–C) groups is 1. The Morgan fingerprint density at radius 2 is 2.23 bits per heavy atom. The van der Waals surface area contributed by atoms with Gasteiger partial charge < -0.3 is 15.5 Å². The Labute approximate surface area is 170 Å². The van der Waals surface area contributed by atoms with Gasteiger partial charge in [0.05, 0.1) is 18.2 Å². The third-order valence-electron chi connectivity index (χ3n) is 4.12. The van der Waals surface area contributed by atoms with Crippen LogP contribution in [-0.4, -0.2) is 42.4 Å². The molecule has 6 nitrogen and oxygen atoms in total. The summed E-state index contributed by atoms with van der Waals surface area (Å²) in [6, 6.07) is 6.43.